The highest BCUT2D eigenvalue weighted by Gasteiger charge is 2.01. The van der Waals surface area contributed by atoms with Gasteiger partial charge in [0.25, 0.3) is 0 Å². The first-order chi connectivity index (χ1) is 5.24. The highest BCUT2D eigenvalue weighted by molar-refractivity contribution is 6.31. The van der Waals surface area contributed by atoms with E-state index in [-0.39, 0.29) is 5.02 Å². The molecule has 0 saturated carbocycles. The third-order valence-electron chi connectivity index (χ3n) is 1.09. The van der Waals surface area contributed by atoms with Gasteiger partial charge in [-0.15, -0.1) is 0 Å². The van der Waals surface area contributed by atoms with Gasteiger partial charge in [-0.25, -0.2) is 4.98 Å². The van der Waals surface area contributed by atoms with E-state index in [1.165, 1.54) is 6.20 Å². The number of aromatic nitrogens is 1. The van der Waals surface area contributed by atoms with Gasteiger partial charge in [0, 0.05) is 6.07 Å². The second-order valence-corrected chi connectivity index (χ2v) is 2.28. The quantitative estimate of drug-likeness (QED) is 0.644. The van der Waals surface area contributed by atoms with Gasteiger partial charge >= 0.3 is 0 Å². The first kappa shape index (κ1) is 8.27. The fourth-order valence-electron chi connectivity index (χ4n) is 0.657. The lowest BCUT2D eigenvalue weighted by molar-refractivity contribution is 0.337. The monoisotopic (exact) mass is 175 g/mol. The molecule has 0 aliphatic heterocycles. The first-order valence-corrected chi connectivity index (χ1v) is 3.55. The van der Waals surface area contributed by atoms with Crippen LogP contribution in [-0.2, 0) is 0 Å². The molecule has 1 aromatic rings. The van der Waals surface area contributed by atoms with Crippen molar-refractivity contribution in [1.82, 2.24) is 4.98 Å². The number of hydrogen-bond donors (Lipinski definition) is 0. The van der Waals surface area contributed by atoms with Crippen LogP contribution in [0.5, 0.6) is 5.75 Å². The predicted octanol–water partition coefficient (Wildman–Crippen LogP) is 2.27. The van der Waals surface area contributed by atoms with E-state index in [1.807, 2.05) is 6.92 Å². The summed E-state index contributed by atoms with van der Waals surface area (Å²) in [6.45, 7) is 2.31. The van der Waals surface area contributed by atoms with Gasteiger partial charge in [-0.3, -0.25) is 0 Å². The minimum atomic E-state index is -0.599. The highest BCUT2D eigenvalue weighted by atomic mass is 35.5. The number of ether oxygens (including phenoxy) is 1. The molecule has 1 aromatic heterocycles. The maximum atomic E-state index is 12.3. The molecule has 0 aliphatic carbocycles. The van der Waals surface area contributed by atoms with Crippen LogP contribution in [0.25, 0.3) is 0 Å². The Kier molecular flexibility index (Phi) is 2.65. The number of hydrogen-bond acceptors (Lipinski definition) is 2. The Morgan fingerprint density at radius 1 is 1.73 bits per heavy atom. The van der Waals surface area contributed by atoms with Crippen molar-refractivity contribution in [3.8, 4) is 5.75 Å². The standard InChI is InChI=1S/C7H7ClFNO/c1-2-11-6-4-10-7(9)3-5(6)8/h3-4H,2H2,1H3. The third-order valence-corrected chi connectivity index (χ3v) is 1.38. The van der Waals surface area contributed by atoms with Gasteiger partial charge in [0.05, 0.1) is 17.8 Å². The Bertz CT molecular complexity index is 254. The van der Waals surface area contributed by atoms with Crippen LogP contribution in [0.2, 0.25) is 5.02 Å². The molecule has 0 unspecified atom stereocenters. The zero-order valence-electron chi connectivity index (χ0n) is 5.97. The molecule has 2 nitrogen and oxygen atoms in total. The fraction of sp³-hybridized carbons (Fsp3) is 0.286. The van der Waals surface area contributed by atoms with Crippen LogP contribution in [0.4, 0.5) is 4.39 Å². The van der Waals surface area contributed by atoms with Crippen LogP contribution in [0.3, 0.4) is 0 Å². The average molecular weight is 176 g/mol. The topological polar surface area (TPSA) is 22.1 Å². The second kappa shape index (κ2) is 3.53. The summed E-state index contributed by atoms with van der Waals surface area (Å²) in [5.74, 6) is -0.186. The van der Waals surface area contributed by atoms with E-state index in [2.05, 4.69) is 4.98 Å². The van der Waals surface area contributed by atoms with Crippen LogP contribution >= 0.6 is 11.6 Å². The Balaban J connectivity index is 2.90. The SMILES string of the molecule is CCOc1cnc(F)cc1Cl. The Labute approximate surface area is 69.0 Å². The van der Waals surface area contributed by atoms with Crippen LogP contribution in [0, 0.1) is 5.95 Å². The fourth-order valence-corrected chi connectivity index (χ4v) is 0.850. The molecule has 0 radical (unpaired) electrons. The van der Waals surface area contributed by atoms with Gasteiger partial charge in [-0.05, 0) is 6.92 Å². The Morgan fingerprint density at radius 3 is 3.00 bits per heavy atom. The van der Waals surface area contributed by atoms with Crippen molar-refractivity contribution >= 4 is 11.6 Å². The molecule has 0 amide bonds. The van der Waals surface area contributed by atoms with Crippen molar-refractivity contribution in [3.05, 3.63) is 23.2 Å². The molecular weight excluding hydrogens is 169 g/mol. The summed E-state index contributed by atoms with van der Waals surface area (Å²) < 4.78 is 17.4. The summed E-state index contributed by atoms with van der Waals surface area (Å²) >= 11 is 5.60. The molecule has 0 saturated heterocycles. The maximum absolute atomic E-state index is 12.3. The van der Waals surface area contributed by atoms with Gasteiger partial charge < -0.3 is 4.74 Å². The molecule has 0 bridgehead atoms. The third kappa shape index (κ3) is 2.05. The predicted molar refractivity (Wildman–Crippen MR) is 40.4 cm³/mol. The Hall–Kier alpha value is -0.830. The smallest absolute Gasteiger partial charge is 0.214 e. The summed E-state index contributed by atoms with van der Waals surface area (Å²) in [5.41, 5.74) is 0. The van der Waals surface area contributed by atoms with Crippen molar-refractivity contribution in [2.75, 3.05) is 6.61 Å². The normalized spacial score (nSPS) is 9.73. The lowest BCUT2D eigenvalue weighted by atomic mass is 10.4. The van der Waals surface area contributed by atoms with E-state index in [0.717, 1.165) is 6.07 Å². The van der Waals surface area contributed by atoms with E-state index >= 15 is 0 Å². The second-order valence-electron chi connectivity index (χ2n) is 1.87. The van der Waals surface area contributed by atoms with E-state index in [9.17, 15) is 4.39 Å². The molecule has 60 valence electrons. The maximum Gasteiger partial charge on any atom is 0.214 e. The summed E-state index contributed by atoms with van der Waals surface area (Å²) in [5, 5.41) is 0.249. The van der Waals surface area contributed by atoms with Crippen LogP contribution < -0.4 is 4.74 Å². The van der Waals surface area contributed by atoms with Crippen molar-refractivity contribution in [2.24, 2.45) is 0 Å². The minimum Gasteiger partial charge on any atom is -0.491 e. The molecule has 1 heterocycles. The van der Waals surface area contributed by atoms with Gasteiger partial charge in [0.15, 0.2) is 5.75 Å². The zero-order chi connectivity index (χ0) is 8.27. The molecule has 0 spiro atoms. The molecule has 11 heavy (non-hydrogen) atoms. The molecular formula is C7H7ClFNO. The summed E-state index contributed by atoms with van der Waals surface area (Å²) in [4.78, 5) is 3.38. The first-order valence-electron chi connectivity index (χ1n) is 3.18. The number of rotatable bonds is 2. The number of halogens is 2. The van der Waals surface area contributed by atoms with E-state index < -0.39 is 5.95 Å². The molecule has 4 heteroatoms. The van der Waals surface area contributed by atoms with Gasteiger partial charge in [0.1, 0.15) is 0 Å². The zero-order valence-corrected chi connectivity index (χ0v) is 6.73. The molecule has 0 atom stereocenters. The number of pyridine rings is 1. The van der Waals surface area contributed by atoms with E-state index in [4.69, 9.17) is 16.3 Å². The van der Waals surface area contributed by atoms with Gasteiger partial charge in [-0.1, -0.05) is 11.6 Å². The van der Waals surface area contributed by atoms with Gasteiger partial charge in [0.2, 0.25) is 5.95 Å². The Morgan fingerprint density at radius 2 is 2.45 bits per heavy atom. The van der Waals surface area contributed by atoms with Crippen molar-refractivity contribution in [1.29, 1.82) is 0 Å². The van der Waals surface area contributed by atoms with Crippen LogP contribution in [0.1, 0.15) is 6.92 Å². The van der Waals surface area contributed by atoms with Crippen molar-refractivity contribution < 1.29 is 9.13 Å². The molecule has 0 aromatic carbocycles. The van der Waals surface area contributed by atoms with Gasteiger partial charge in [-0.2, -0.15) is 4.39 Å². The molecule has 1 rings (SSSR count). The van der Waals surface area contributed by atoms with E-state index in [1.54, 1.807) is 0 Å². The molecule has 0 aliphatic rings. The van der Waals surface area contributed by atoms with Crippen LogP contribution in [0.15, 0.2) is 12.3 Å². The summed E-state index contributed by atoms with van der Waals surface area (Å²) in [6.07, 6.45) is 1.27. The largest absolute Gasteiger partial charge is 0.491 e. The lowest BCUT2D eigenvalue weighted by Gasteiger charge is -2.02. The van der Waals surface area contributed by atoms with Crippen molar-refractivity contribution in [2.45, 2.75) is 6.92 Å². The van der Waals surface area contributed by atoms with Crippen LogP contribution in [-0.4, -0.2) is 11.6 Å². The lowest BCUT2D eigenvalue weighted by Crippen LogP contribution is -1.93. The molecule has 0 N–H and O–H groups in total. The summed E-state index contributed by atoms with van der Waals surface area (Å²) in [6, 6.07) is 1.12. The average Bonchev–Trinajstić information content (AvgIpc) is 1.95. The highest BCUT2D eigenvalue weighted by Crippen LogP contribution is 2.22. The van der Waals surface area contributed by atoms with E-state index in [0.29, 0.717) is 12.4 Å². The summed E-state index contributed by atoms with van der Waals surface area (Å²) in [7, 11) is 0. The molecule has 0 fully saturated rings. The van der Waals surface area contributed by atoms with Crippen molar-refractivity contribution in [3.63, 3.8) is 0 Å². The minimum absolute atomic E-state index is 0.249. The number of nitrogens with zero attached hydrogens (tertiary/aromatic N) is 1.